The zero-order valence-corrected chi connectivity index (χ0v) is 13.6. The summed E-state index contributed by atoms with van der Waals surface area (Å²) in [6, 6.07) is 16.2. The van der Waals surface area contributed by atoms with Crippen molar-refractivity contribution in [3.05, 3.63) is 94.4 Å². The fraction of sp³-hybridized carbons (Fsp3) is 0.0476. The van der Waals surface area contributed by atoms with Gasteiger partial charge in [-0.15, -0.1) is 0 Å². The molecular weight excluding hydrogens is 316 g/mol. The van der Waals surface area contributed by atoms with Crippen LogP contribution >= 0.6 is 0 Å². The third-order valence-electron chi connectivity index (χ3n) is 3.68. The van der Waals surface area contributed by atoms with Gasteiger partial charge in [-0.1, -0.05) is 54.6 Å². The topological polar surface area (TPSA) is 56.5 Å². The molecule has 2 aromatic carbocycles. The minimum atomic E-state index is -0.637. The maximum absolute atomic E-state index is 12.2. The largest absolute Gasteiger partial charge is 0.496 e. The predicted molar refractivity (Wildman–Crippen MR) is 98.0 cm³/mol. The van der Waals surface area contributed by atoms with Crippen molar-refractivity contribution in [1.82, 2.24) is 0 Å². The number of hydrogen-bond donors (Lipinski definition) is 0. The summed E-state index contributed by atoms with van der Waals surface area (Å²) in [5, 5.41) is 0.711. The van der Waals surface area contributed by atoms with E-state index in [0.29, 0.717) is 11.0 Å². The Labute approximate surface area is 144 Å². The molecule has 0 amide bonds. The summed E-state index contributed by atoms with van der Waals surface area (Å²) in [6.07, 6.45) is 6.47. The maximum atomic E-state index is 12.2. The first-order valence-corrected chi connectivity index (χ1v) is 7.74. The second-order valence-electron chi connectivity index (χ2n) is 5.31. The third kappa shape index (κ3) is 3.75. The molecule has 0 saturated carbocycles. The minimum Gasteiger partial charge on any atom is -0.496 e. The molecule has 1 aromatic heterocycles. The Morgan fingerprint density at radius 2 is 1.80 bits per heavy atom. The normalized spacial score (nSPS) is 11.4. The molecule has 0 spiro atoms. The standard InChI is InChI=1S/C21H16O4/c1-24-19-12-6-3-9-15(19)8-2-5-11-18(22)17-14-16-10-4-7-13-20(16)25-21(17)23/h2-14H,1H3. The Balaban J connectivity index is 1.80. The molecule has 0 aliphatic carbocycles. The SMILES string of the molecule is COc1ccccc1C=CC=CC(=O)c1cc2ccccc2oc1=O. The number of carbonyl (C=O) groups excluding carboxylic acids is 1. The Morgan fingerprint density at radius 1 is 1.04 bits per heavy atom. The van der Waals surface area contributed by atoms with Gasteiger partial charge in [-0.05, 0) is 24.3 Å². The van der Waals surface area contributed by atoms with Gasteiger partial charge in [0.15, 0.2) is 5.78 Å². The van der Waals surface area contributed by atoms with Crippen molar-refractivity contribution in [3.8, 4) is 5.75 Å². The van der Waals surface area contributed by atoms with Gasteiger partial charge in [-0.2, -0.15) is 0 Å². The highest BCUT2D eigenvalue weighted by Crippen LogP contribution is 2.18. The number of benzene rings is 2. The van der Waals surface area contributed by atoms with Crippen LogP contribution in [-0.2, 0) is 0 Å². The molecule has 0 unspecified atom stereocenters. The van der Waals surface area contributed by atoms with Gasteiger partial charge >= 0.3 is 5.63 Å². The van der Waals surface area contributed by atoms with E-state index < -0.39 is 11.4 Å². The van der Waals surface area contributed by atoms with Crippen LogP contribution in [0.5, 0.6) is 5.75 Å². The van der Waals surface area contributed by atoms with Gasteiger partial charge in [-0.3, -0.25) is 4.79 Å². The molecule has 0 atom stereocenters. The molecule has 4 nitrogen and oxygen atoms in total. The fourth-order valence-electron chi connectivity index (χ4n) is 2.43. The first-order valence-electron chi connectivity index (χ1n) is 7.74. The van der Waals surface area contributed by atoms with E-state index in [0.717, 1.165) is 11.3 Å². The molecule has 0 N–H and O–H groups in total. The molecule has 3 aromatic rings. The molecule has 0 fully saturated rings. The van der Waals surface area contributed by atoms with E-state index in [1.807, 2.05) is 36.4 Å². The number of rotatable bonds is 5. The summed E-state index contributed by atoms with van der Waals surface area (Å²) in [7, 11) is 1.60. The van der Waals surface area contributed by atoms with Crippen LogP contribution in [0.4, 0.5) is 0 Å². The van der Waals surface area contributed by atoms with Crippen LogP contribution < -0.4 is 10.4 Å². The van der Waals surface area contributed by atoms with Gasteiger partial charge in [0.1, 0.15) is 16.9 Å². The van der Waals surface area contributed by atoms with Gasteiger partial charge in [0.05, 0.1) is 7.11 Å². The lowest BCUT2D eigenvalue weighted by Gasteiger charge is -2.02. The van der Waals surface area contributed by atoms with Crippen molar-refractivity contribution in [3.63, 3.8) is 0 Å². The Hall–Kier alpha value is -3.40. The van der Waals surface area contributed by atoms with E-state index in [2.05, 4.69) is 0 Å². The van der Waals surface area contributed by atoms with Crippen LogP contribution in [0.2, 0.25) is 0 Å². The quantitative estimate of drug-likeness (QED) is 0.303. The van der Waals surface area contributed by atoms with Gasteiger partial charge in [0.25, 0.3) is 0 Å². The summed E-state index contributed by atoms with van der Waals surface area (Å²) in [5.74, 6) is 0.345. The number of ether oxygens (including phenoxy) is 1. The van der Waals surface area contributed by atoms with Crippen molar-refractivity contribution in [2.45, 2.75) is 0 Å². The van der Waals surface area contributed by atoms with E-state index in [4.69, 9.17) is 9.15 Å². The van der Waals surface area contributed by atoms with Crippen LogP contribution in [0.3, 0.4) is 0 Å². The van der Waals surface area contributed by atoms with Gasteiger partial charge in [-0.25, -0.2) is 4.79 Å². The maximum Gasteiger partial charge on any atom is 0.347 e. The Bertz CT molecular complexity index is 1030. The lowest BCUT2D eigenvalue weighted by Crippen LogP contribution is -2.11. The lowest BCUT2D eigenvalue weighted by molar-refractivity contribution is 0.104. The average molecular weight is 332 g/mol. The second-order valence-corrected chi connectivity index (χ2v) is 5.31. The number of allylic oxidation sites excluding steroid dienone is 3. The first kappa shape index (κ1) is 16.5. The van der Waals surface area contributed by atoms with E-state index in [1.54, 1.807) is 43.5 Å². The van der Waals surface area contributed by atoms with Gasteiger partial charge < -0.3 is 9.15 Å². The van der Waals surface area contributed by atoms with Gasteiger partial charge in [0, 0.05) is 10.9 Å². The number of methoxy groups -OCH3 is 1. The van der Waals surface area contributed by atoms with Gasteiger partial charge in [0.2, 0.25) is 0 Å². The van der Waals surface area contributed by atoms with E-state index >= 15 is 0 Å². The minimum absolute atomic E-state index is 0.0145. The van der Waals surface area contributed by atoms with Crippen molar-refractivity contribution in [2.24, 2.45) is 0 Å². The summed E-state index contributed by atoms with van der Waals surface area (Å²) in [4.78, 5) is 24.2. The molecule has 0 aliphatic heterocycles. The van der Waals surface area contributed by atoms with Crippen molar-refractivity contribution in [1.29, 1.82) is 0 Å². The lowest BCUT2D eigenvalue weighted by atomic mass is 10.1. The zero-order valence-electron chi connectivity index (χ0n) is 13.6. The number of carbonyl (C=O) groups is 1. The highest BCUT2D eigenvalue weighted by Gasteiger charge is 2.10. The molecule has 0 saturated heterocycles. The molecule has 25 heavy (non-hydrogen) atoms. The van der Waals surface area contributed by atoms with E-state index in [-0.39, 0.29) is 5.56 Å². The molecule has 0 radical (unpaired) electrons. The second kappa shape index (κ2) is 7.45. The van der Waals surface area contributed by atoms with Crippen LogP contribution in [0.15, 0.2) is 82.0 Å². The molecule has 0 bridgehead atoms. The predicted octanol–water partition coefficient (Wildman–Crippen LogP) is 4.25. The van der Waals surface area contributed by atoms with Crippen LogP contribution in [0.25, 0.3) is 17.0 Å². The Morgan fingerprint density at radius 3 is 2.64 bits per heavy atom. The molecule has 124 valence electrons. The summed E-state index contributed by atoms with van der Waals surface area (Å²) in [6.45, 7) is 0. The third-order valence-corrected chi connectivity index (χ3v) is 3.68. The average Bonchev–Trinajstić information content (AvgIpc) is 2.64. The van der Waals surface area contributed by atoms with Crippen LogP contribution in [-0.4, -0.2) is 12.9 Å². The smallest absolute Gasteiger partial charge is 0.347 e. The van der Waals surface area contributed by atoms with Crippen molar-refractivity contribution < 1.29 is 13.9 Å². The zero-order chi connectivity index (χ0) is 17.6. The van der Waals surface area contributed by atoms with Crippen molar-refractivity contribution in [2.75, 3.05) is 7.11 Å². The molecular formula is C21H16O4. The van der Waals surface area contributed by atoms with Crippen molar-refractivity contribution >= 4 is 22.8 Å². The van der Waals surface area contributed by atoms with Crippen LogP contribution in [0.1, 0.15) is 15.9 Å². The summed E-state index contributed by atoms with van der Waals surface area (Å²) in [5.41, 5.74) is 0.735. The van der Waals surface area contributed by atoms with E-state index in [9.17, 15) is 9.59 Å². The highest BCUT2D eigenvalue weighted by molar-refractivity contribution is 6.05. The highest BCUT2D eigenvalue weighted by atomic mass is 16.5. The molecule has 0 aliphatic rings. The fourth-order valence-corrected chi connectivity index (χ4v) is 2.43. The van der Waals surface area contributed by atoms with Crippen LogP contribution in [0, 0.1) is 0 Å². The monoisotopic (exact) mass is 332 g/mol. The molecule has 3 rings (SSSR count). The first-order chi connectivity index (χ1) is 12.2. The summed E-state index contributed by atoms with van der Waals surface area (Å²) < 4.78 is 10.4. The molecule has 4 heteroatoms. The number of para-hydroxylation sites is 2. The Kier molecular flexibility index (Phi) is 4.90. The summed E-state index contributed by atoms with van der Waals surface area (Å²) >= 11 is 0. The molecule has 1 heterocycles. The number of hydrogen-bond acceptors (Lipinski definition) is 4. The van der Waals surface area contributed by atoms with E-state index in [1.165, 1.54) is 6.08 Å². The number of ketones is 1. The number of fused-ring (bicyclic) bond motifs is 1.